The van der Waals surface area contributed by atoms with Gasteiger partial charge in [-0.2, -0.15) is 0 Å². The average Bonchev–Trinajstić information content (AvgIpc) is 2.83. The number of rotatable bonds is 7. The summed E-state index contributed by atoms with van der Waals surface area (Å²) in [6.45, 7) is 1.91. The van der Waals surface area contributed by atoms with Gasteiger partial charge in [-0.25, -0.2) is 0 Å². The van der Waals surface area contributed by atoms with E-state index < -0.39 is 17.1 Å². The van der Waals surface area contributed by atoms with Gasteiger partial charge in [0.15, 0.2) is 0 Å². The number of para-hydroxylation sites is 1. The van der Waals surface area contributed by atoms with E-state index in [0.717, 1.165) is 29.5 Å². The van der Waals surface area contributed by atoms with Crippen molar-refractivity contribution >= 4 is 35.0 Å². The highest BCUT2D eigenvalue weighted by atomic mass is 32.2. The molecule has 1 heterocycles. The van der Waals surface area contributed by atoms with Crippen molar-refractivity contribution in [3.05, 3.63) is 34.7 Å². The van der Waals surface area contributed by atoms with Gasteiger partial charge in [0.2, 0.25) is 0 Å². The van der Waals surface area contributed by atoms with E-state index in [-0.39, 0.29) is 11.4 Å². The number of hydrogen-bond donors (Lipinski definition) is 0. The number of benzene rings is 1. The second-order valence-corrected chi connectivity index (χ2v) is 6.08. The zero-order valence-corrected chi connectivity index (χ0v) is 14.4. The number of imide groups is 1. The molecule has 24 heavy (non-hydrogen) atoms. The van der Waals surface area contributed by atoms with Crippen molar-refractivity contribution in [2.75, 3.05) is 20.3 Å². The van der Waals surface area contributed by atoms with Crippen LogP contribution in [0.4, 0.5) is 4.79 Å². The SMILES string of the molecule is CCCCOC(=O)CN1C(=O)S/C(=C\c2ccccc2OC)C1=O. The Morgan fingerprint density at radius 1 is 1.29 bits per heavy atom. The Hall–Kier alpha value is -2.28. The van der Waals surface area contributed by atoms with Crippen LogP contribution in [0.2, 0.25) is 0 Å². The molecule has 0 radical (unpaired) electrons. The molecule has 7 heteroatoms. The van der Waals surface area contributed by atoms with Crippen LogP contribution in [0.5, 0.6) is 5.75 Å². The monoisotopic (exact) mass is 349 g/mol. The largest absolute Gasteiger partial charge is 0.496 e. The van der Waals surface area contributed by atoms with Crippen molar-refractivity contribution in [3.8, 4) is 5.75 Å². The van der Waals surface area contributed by atoms with E-state index in [0.29, 0.717) is 17.9 Å². The molecule has 0 aliphatic carbocycles. The van der Waals surface area contributed by atoms with Crippen LogP contribution in [0.1, 0.15) is 25.3 Å². The van der Waals surface area contributed by atoms with E-state index in [1.54, 1.807) is 18.2 Å². The van der Waals surface area contributed by atoms with Crippen molar-refractivity contribution in [3.63, 3.8) is 0 Å². The zero-order valence-electron chi connectivity index (χ0n) is 13.6. The fourth-order valence-corrected chi connectivity index (χ4v) is 2.90. The Morgan fingerprint density at radius 3 is 2.75 bits per heavy atom. The second-order valence-electron chi connectivity index (χ2n) is 5.08. The van der Waals surface area contributed by atoms with Gasteiger partial charge in [-0.1, -0.05) is 31.5 Å². The average molecular weight is 349 g/mol. The molecule has 1 aliphatic heterocycles. The molecule has 0 spiro atoms. The van der Waals surface area contributed by atoms with Crippen LogP contribution >= 0.6 is 11.8 Å². The topological polar surface area (TPSA) is 72.9 Å². The molecule has 0 N–H and O–H groups in total. The number of unbranched alkanes of at least 4 members (excludes halogenated alkanes) is 1. The minimum absolute atomic E-state index is 0.255. The Labute approximate surface area is 144 Å². The number of amides is 2. The first-order chi connectivity index (χ1) is 11.6. The predicted octanol–water partition coefficient (Wildman–Crippen LogP) is 3.07. The lowest BCUT2D eigenvalue weighted by atomic mass is 10.2. The van der Waals surface area contributed by atoms with Gasteiger partial charge in [0.05, 0.1) is 18.6 Å². The van der Waals surface area contributed by atoms with E-state index in [1.165, 1.54) is 7.11 Å². The molecule has 1 aromatic carbocycles. The molecule has 128 valence electrons. The molecule has 0 atom stereocenters. The lowest BCUT2D eigenvalue weighted by molar-refractivity contribution is -0.146. The molecule has 1 aliphatic rings. The maximum atomic E-state index is 12.4. The molecule has 2 rings (SSSR count). The summed E-state index contributed by atoms with van der Waals surface area (Å²) in [5, 5.41) is -0.478. The molecular formula is C17H19NO5S. The summed E-state index contributed by atoms with van der Waals surface area (Å²) in [6.07, 6.45) is 3.24. The fraction of sp³-hybridized carbons (Fsp3) is 0.353. The Morgan fingerprint density at radius 2 is 2.04 bits per heavy atom. The number of carbonyl (C=O) groups excluding carboxylic acids is 3. The number of nitrogens with zero attached hydrogens (tertiary/aromatic N) is 1. The van der Waals surface area contributed by atoms with Gasteiger partial charge in [-0.15, -0.1) is 0 Å². The van der Waals surface area contributed by atoms with Crippen LogP contribution in [0.25, 0.3) is 6.08 Å². The van der Waals surface area contributed by atoms with E-state index in [2.05, 4.69) is 0 Å². The first-order valence-electron chi connectivity index (χ1n) is 7.60. The normalized spacial score (nSPS) is 15.9. The summed E-state index contributed by atoms with van der Waals surface area (Å²) in [6, 6.07) is 7.17. The highest BCUT2D eigenvalue weighted by Gasteiger charge is 2.36. The molecule has 2 amide bonds. The standard InChI is InChI=1S/C17H19NO5S/c1-3-4-9-23-15(19)11-18-16(20)14(24-17(18)21)10-12-7-5-6-8-13(12)22-2/h5-8,10H,3-4,9,11H2,1-2H3/b14-10-. The van der Waals surface area contributed by atoms with Crippen LogP contribution in [-0.4, -0.2) is 42.3 Å². The summed E-state index contributed by atoms with van der Waals surface area (Å²) < 4.78 is 10.2. The van der Waals surface area contributed by atoms with Crippen molar-refractivity contribution in [1.29, 1.82) is 0 Å². The smallest absolute Gasteiger partial charge is 0.326 e. The number of carbonyl (C=O) groups is 3. The molecule has 1 aromatic rings. The van der Waals surface area contributed by atoms with Gasteiger partial charge in [-0.3, -0.25) is 19.3 Å². The van der Waals surface area contributed by atoms with Gasteiger partial charge < -0.3 is 9.47 Å². The quantitative estimate of drug-likeness (QED) is 0.428. The lowest BCUT2D eigenvalue weighted by Crippen LogP contribution is -2.34. The summed E-state index contributed by atoms with van der Waals surface area (Å²) in [5.74, 6) is -0.476. The van der Waals surface area contributed by atoms with Crippen LogP contribution in [0, 0.1) is 0 Å². The van der Waals surface area contributed by atoms with E-state index in [4.69, 9.17) is 9.47 Å². The summed E-state index contributed by atoms with van der Waals surface area (Å²) in [4.78, 5) is 37.2. The van der Waals surface area contributed by atoms with Crippen molar-refractivity contribution in [2.45, 2.75) is 19.8 Å². The van der Waals surface area contributed by atoms with Crippen molar-refractivity contribution < 1.29 is 23.9 Å². The highest BCUT2D eigenvalue weighted by molar-refractivity contribution is 8.18. The number of ether oxygens (including phenoxy) is 2. The Balaban J connectivity index is 2.08. The predicted molar refractivity (Wildman–Crippen MR) is 91.5 cm³/mol. The minimum atomic E-state index is -0.579. The highest BCUT2D eigenvalue weighted by Crippen LogP contribution is 2.33. The molecule has 0 saturated carbocycles. The third-order valence-electron chi connectivity index (χ3n) is 3.35. The summed E-state index contributed by atoms with van der Waals surface area (Å²) in [7, 11) is 1.53. The van der Waals surface area contributed by atoms with E-state index in [1.807, 2.05) is 19.1 Å². The Bertz CT molecular complexity index is 671. The molecule has 0 unspecified atom stereocenters. The molecule has 0 bridgehead atoms. The third kappa shape index (κ3) is 4.38. The number of esters is 1. The second kappa shape index (κ2) is 8.54. The molecule has 0 aromatic heterocycles. The van der Waals surface area contributed by atoms with E-state index >= 15 is 0 Å². The first kappa shape index (κ1) is 18.1. The van der Waals surface area contributed by atoms with Crippen LogP contribution < -0.4 is 4.74 Å². The molecule has 6 nitrogen and oxygen atoms in total. The zero-order chi connectivity index (χ0) is 17.5. The number of thioether (sulfide) groups is 1. The van der Waals surface area contributed by atoms with Gasteiger partial charge >= 0.3 is 5.97 Å². The third-order valence-corrected chi connectivity index (χ3v) is 4.25. The Kier molecular flexibility index (Phi) is 6.43. The first-order valence-corrected chi connectivity index (χ1v) is 8.42. The molecule has 1 saturated heterocycles. The van der Waals surface area contributed by atoms with E-state index in [9.17, 15) is 14.4 Å². The number of methoxy groups -OCH3 is 1. The molecular weight excluding hydrogens is 330 g/mol. The molecule has 1 fully saturated rings. The van der Waals surface area contributed by atoms with Crippen LogP contribution in [0.15, 0.2) is 29.2 Å². The van der Waals surface area contributed by atoms with Gasteiger partial charge in [0, 0.05) is 5.56 Å². The van der Waals surface area contributed by atoms with Crippen LogP contribution in [0.3, 0.4) is 0 Å². The minimum Gasteiger partial charge on any atom is -0.496 e. The lowest BCUT2D eigenvalue weighted by Gasteiger charge is -2.11. The maximum absolute atomic E-state index is 12.4. The summed E-state index contributed by atoms with van der Waals surface area (Å²) in [5.41, 5.74) is 0.691. The number of hydrogen-bond acceptors (Lipinski definition) is 6. The van der Waals surface area contributed by atoms with Crippen molar-refractivity contribution in [1.82, 2.24) is 4.90 Å². The summed E-state index contributed by atoms with van der Waals surface area (Å²) >= 11 is 0.801. The van der Waals surface area contributed by atoms with Gasteiger partial charge in [0.1, 0.15) is 12.3 Å². The van der Waals surface area contributed by atoms with Gasteiger partial charge in [-0.05, 0) is 30.3 Å². The van der Waals surface area contributed by atoms with Crippen molar-refractivity contribution in [2.24, 2.45) is 0 Å². The maximum Gasteiger partial charge on any atom is 0.326 e. The fourth-order valence-electron chi connectivity index (χ4n) is 2.07. The van der Waals surface area contributed by atoms with Gasteiger partial charge in [0.25, 0.3) is 11.1 Å². The van der Waals surface area contributed by atoms with Crippen LogP contribution in [-0.2, 0) is 14.3 Å².